The van der Waals surface area contributed by atoms with Crippen LogP contribution in [0.25, 0.3) is 0 Å². The van der Waals surface area contributed by atoms with Crippen LogP contribution in [0.5, 0.6) is 17.2 Å². The minimum Gasteiger partial charge on any atom is -0.495 e. The fourth-order valence-electron chi connectivity index (χ4n) is 18.0. The summed E-state index contributed by atoms with van der Waals surface area (Å²) in [7, 11) is 6.39. The molecule has 3 aromatic carbocycles. The van der Waals surface area contributed by atoms with Crippen LogP contribution in [-0.2, 0) is 66.9 Å². The van der Waals surface area contributed by atoms with Gasteiger partial charge in [0.2, 0.25) is 17.8 Å². The highest BCUT2D eigenvalue weighted by molar-refractivity contribution is 7.98. The predicted molar refractivity (Wildman–Crippen MR) is 488 cm³/mol. The van der Waals surface area contributed by atoms with Crippen molar-refractivity contribution in [1.82, 2.24) is 73.5 Å². The van der Waals surface area contributed by atoms with E-state index in [9.17, 15) is 66.5 Å². The molecule has 6 aromatic rings. The number of likely N-dealkylation sites (tertiary alicyclic amines) is 3. The van der Waals surface area contributed by atoms with E-state index >= 15 is 0 Å². The molecule has 6 N–H and O–H groups in total. The number of aryl methyl sites for hydroxylation is 1. The lowest BCUT2D eigenvalue weighted by Gasteiger charge is -2.40. The standard InChI is InChI=1S/2C30H43F3N6O3S.C29H41F3N6O3S/c1-19-15-25(27(42-4)17-22(19)28(40)35-21-11-13-38(2)14-12-21)37-29-34-18-23(30(31,32)33)24(36-29)16-20-9-7-8-10-26(20)39(3)43(5,6)41;1-6-39(43(4,5)41)26-10-8-7-9-20(26)17-25-23(30(31,32)33)19-34-29(37-25)36-24-12-11-21(18-27(24)42-3)28(40)35-22-13-15-38(2)16-14-22;1-37-14-12-21(13-15-37)34-27(39)20-10-11-23(26(17-20)41-3)35-28-33-18-22(29(30,31)32)24(36-28)16-19-8-6-7-9-25(19)38(2)42(4,5)40/h15,17-18,20-21,26H,5,7-14,16H2,1-4,6H3,(H,35,40)(H,34,36,37);11-12,18-20,22,26H,4,6-10,13-17H2,1-3,5H3,(H,35,40)(H,34,36,37);10-11,17-19,21,25H,4,6-9,12-16H2,1-3,5H3,(H,34,39)(H,33,35,36)/t2*20-,26+,43?;19-,25+,42?/m000/s1. The molecule has 9 atom stereocenters. The second-order valence-electron chi connectivity index (χ2n) is 35.0. The number of anilines is 6. The molecule has 6 heterocycles. The number of piperidine rings is 3. The number of hydrogen-bond donors (Lipinski definition) is 6. The van der Waals surface area contributed by atoms with E-state index in [1.807, 2.05) is 11.2 Å². The molecule has 3 amide bonds. The highest BCUT2D eigenvalue weighted by Crippen LogP contribution is 2.43. The van der Waals surface area contributed by atoms with E-state index in [0.29, 0.717) is 82.4 Å². The number of ether oxygens (including phenoxy) is 3. The van der Waals surface area contributed by atoms with Crippen molar-refractivity contribution >= 4 is 99.4 Å². The summed E-state index contributed by atoms with van der Waals surface area (Å²) in [5.41, 5.74) is 0.204. The third kappa shape index (κ3) is 27.7. The number of aromatic nitrogens is 6. The van der Waals surface area contributed by atoms with E-state index in [4.69, 9.17) is 14.2 Å². The Morgan fingerprint density at radius 3 is 1.06 bits per heavy atom. The summed E-state index contributed by atoms with van der Waals surface area (Å²) in [5.74, 6) is 11.2. The average Bonchev–Trinajstić information content (AvgIpc) is 0.797. The van der Waals surface area contributed by atoms with Crippen molar-refractivity contribution in [3.05, 3.63) is 123 Å². The molecule has 3 aliphatic carbocycles. The molecule has 3 unspecified atom stereocenters. The second kappa shape index (κ2) is 44.0. The highest BCUT2D eigenvalue weighted by atomic mass is 32.2. The number of nitrogens with one attached hydrogen (secondary N) is 6. The van der Waals surface area contributed by atoms with Crippen molar-refractivity contribution in [2.45, 2.75) is 203 Å². The lowest BCUT2D eigenvalue weighted by atomic mass is 9.81. The summed E-state index contributed by atoms with van der Waals surface area (Å²) in [6, 6.07) is 12.8. The van der Waals surface area contributed by atoms with E-state index in [2.05, 4.69) is 115 Å². The normalized spacial score (nSPS) is 21.9. The van der Waals surface area contributed by atoms with Crippen LogP contribution in [0.15, 0.2) is 67.1 Å². The number of rotatable bonds is 28. The molecule has 12 rings (SSSR count). The fraction of sp³-hybridized carbons (Fsp3) is 0.596. The number of carbonyl (C=O) groups excluding carboxylic acids is 3. The SMILES string of the molecule is C=S(C)(=O)N(C)[C@@H]1CCCC[C@H]1Cc1nc(Nc2cc(C)c(C(=O)NC3CCN(C)CC3)cc2OC)ncc1C(F)(F)F.C=S(C)(=O)N(C)[C@@H]1CCCC[C@H]1Cc1nc(Nc2ccc(C(=O)NC3CCN(C)CC3)cc2OC)ncc1C(F)(F)F.C=S(C)(=O)N(CC)[C@@H]1CCCC[C@H]1Cc1nc(Nc2ccc(C(=O)NC3CCN(C)CC3)cc2OC)ncc1C(F)(F)F. The number of benzene rings is 3. The molecule has 3 saturated heterocycles. The van der Waals surface area contributed by atoms with Gasteiger partial charge in [0, 0.05) is 126 Å². The van der Waals surface area contributed by atoms with Crippen LogP contribution < -0.4 is 46.1 Å². The summed E-state index contributed by atoms with van der Waals surface area (Å²) >= 11 is 0. The number of alkyl halides is 9. The number of methoxy groups -OCH3 is 3. The lowest BCUT2D eigenvalue weighted by molar-refractivity contribution is -0.139. The summed E-state index contributed by atoms with van der Waals surface area (Å²) in [4.78, 5) is 70.5. The maximum absolute atomic E-state index is 14.1. The van der Waals surface area contributed by atoms with Gasteiger partial charge in [-0.25, -0.2) is 42.8 Å². The van der Waals surface area contributed by atoms with Gasteiger partial charge in [0.15, 0.2) is 0 Å². The van der Waals surface area contributed by atoms with E-state index < -0.39 is 64.3 Å². The molecule has 6 aliphatic rings. The first kappa shape index (κ1) is 101. The number of hydrogen-bond acceptors (Lipinski definition) is 21. The van der Waals surface area contributed by atoms with Crippen LogP contribution in [0.1, 0.15) is 193 Å². The van der Waals surface area contributed by atoms with Crippen molar-refractivity contribution in [3.63, 3.8) is 0 Å². The van der Waals surface area contributed by atoms with Crippen LogP contribution in [-0.4, -0.2) is 263 Å². The number of halogens is 9. The van der Waals surface area contributed by atoms with Gasteiger partial charge < -0.3 is 60.8 Å². The number of amides is 3. The molecule has 0 spiro atoms. The molecule has 3 aromatic heterocycles. The van der Waals surface area contributed by atoms with Crippen LogP contribution in [0, 0.1) is 24.7 Å². The zero-order chi connectivity index (χ0) is 93.5. The Balaban J connectivity index is 0.000000200. The Morgan fingerprint density at radius 1 is 0.445 bits per heavy atom. The molecule has 708 valence electrons. The summed E-state index contributed by atoms with van der Waals surface area (Å²) in [6.07, 6.45) is 8.28. The van der Waals surface area contributed by atoms with Crippen molar-refractivity contribution in [3.8, 4) is 17.2 Å². The van der Waals surface area contributed by atoms with Gasteiger partial charge in [0.25, 0.3) is 17.7 Å². The van der Waals surface area contributed by atoms with Crippen molar-refractivity contribution < 1.29 is 80.7 Å². The zero-order valence-electron chi connectivity index (χ0n) is 75.6. The summed E-state index contributed by atoms with van der Waals surface area (Å²) in [6.45, 7) is 9.67. The van der Waals surface area contributed by atoms with Crippen LogP contribution in [0.4, 0.5) is 74.4 Å². The van der Waals surface area contributed by atoms with E-state index in [1.54, 1.807) is 96.9 Å². The minimum atomic E-state index is -4.63. The van der Waals surface area contributed by atoms with Gasteiger partial charge in [0.05, 0.1) is 72.2 Å². The smallest absolute Gasteiger partial charge is 0.419 e. The molecule has 0 radical (unpaired) electrons. The molecule has 6 fully saturated rings. The van der Waals surface area contributed by atoms with E-state index in [0.717, 1.165) is 154 Å². The Morgan fingerprint density at radius 2 is 0.750 bits per heavy atom. The first-order valence-corrected chi connectivity index (χ1v) is 49.8. The summed E-state index contributed by atoms with van der Waals surface area (Å²) in [5, 5.41) is 18.2. The Hall–Kier alpha value is -8.70. The monoisotopic (exact) mass is 1860 g/mol. The van der Waals surface area contributed by atoms with Gasteiger partial charge in [-0.05, 0) is 267 Å². The van der Waals surface area contributed by atoms with Gasteiger partial charge in [-0.2, -0.15) is 39.5 Å². The maximum Gasteiger partial charge on any atom is 0.419 e. The van der Waals surface area contributed by atoms with Gasteiger partial charge in [-0.1, -0.05) is 45.4 Å². The Kier molecular flexibility index (Phi) is 34.9. The van der Waals surface area contributed by atoms with Gasteiger partial charge in [-0.3, -0.25) is 27.0 Å². The molecule has 3 aliphatic heterocycles. The molecular weight excluding hydrogens is 1730 g/mol. The molecule has 0 bridgehead atoms. The third-order valence-corrected chi connectivity index (χ3v) is 29.9. The number of carbonyl (C=O) groups is 3. The topological polar surface area (TPSA) is 299 Å². The van der Waals surface area contributed by atoms with Crippen LogP contribution >= 0.6 is 0 Å². The van der Waals surface area contributed by atoms with Gasteiger partial charge >= 0.3 is 18.5 Å². The van der Waals surface area contributed by atoms with Crippen molar-refractivity contribution in [2.75, 3.05) is 137 Å². The fourth-order valence-corrected chi connectivity index (χ4v) is 21.1. The molecule has 128 heavy (non-hydrogen) atoms. The Bertz CT molecular complexity index is 5150. The molecular formula is C89H127F9N18O9S3. The van der Waals surface area contributed by atoms with E-state index in [1.165, 1.54) is 21.3 Å². The van der Waals surface area contributed by atoms with E-state index in [-0.39, 0.29) is 126 Å². The largest absolute Gasteiger partial charge is 0.495 e. The first-order chi connectivity index (χ1) is 60.2. The first-order valence-electron chi connectivity index (χ1n) is 43.6. The minimum absolute atomic E-state index is 0.0126. The third-order valence-electron chi connectivity index (χ3n) is 25.4. The Labute approximate surface area is 748 Å². The summed E-state index contributed by atoms with van der Waals surface area (Å²) < 4.78 is 186. The van der Waals surface area contributed by atoms with Crippen LogP contribution in [0.3, 0.4) is 0 Å². The second-order valence-corrected chi connectivity index (χ2v) is 42.4. The van der Waals surface area contributed by atoms with Crippen molar-refractivity contribution in [1.29, 1.82) is 0 Å². The molecule has 39 heteroatoms. The van der Waals surface area contributed by atoms with Gasteiger partial charge in [-0.15, -0.1) is 0 Å². The van der Waals surface area contributed by atoms with Gasteiger partial charge in [0.1, 0.15) is 17.2 Å². The van der Waals surface area contributed by atoms with Crippen molar-refractivity contribution in [2.24, 2.45) is 17.8 Å². The highest BCUT2D eigenvalue weighted by Gasteiger charge is 2.43. The quantitative estimate of drug-likeness (QED) is 0.0196. The predicted octanol–water partition coefficient (Wildman–Crippen LogP) is 13.8. The number of nitrogens with zero attached hydrogens (tertiary/aromatic N) is 12. The average molecular weight is 1860 g/mol. The van der Waals surface area contributed by atoms with Crippen LogP contribution in [0.2, 0.25) is 0 Å². The lowest BCUT2D eigenvalue weighted by Crippen LogP contribution is -2.46. The maximum atomic E-state index is 14.1. The zero-order valence-corrected chi connectivity index (χ0v) is 78.1. The molecule has 27 nitrogen and oxygen atoms in total. The molecule has 3 saturated carbocycles.